The van der Waals surface area contributed by atoms with Gasteiger partial charge in [0.2, 0.25) is 5.89 Å². The van der Waals surface area contributed by atoms with Crippen molar-refractivity contribution >= 4 is 22.7 Å². The smallest absolute Gasteiger partial charge is 0.237 e. The number of aromatic nitrogens is 4. The van der Waals surface area contributed by atoms with E-state index in [4.69, 9.17) is 4.52 Å². The summed E-state index contributed by atoms with van der Waals surface area (Å²) >= 11 is 1.57. The fourth-order valence-corrected chi connectivity index (χ4v) is 2.45. The molecule has 2 heterocycles. The highest BCUT2D eigenvalue weighted by atomic mass is 32.2. The third kappa shape index (κ3) is 2.19. The normalized spacial score (nSPS) is 10.9. The Labute approximate surface area is 108 Å². The molecule has 0 aliphatic carbocycles. The second-order valence-electron chi connectivity index (χ2n) is 3.72. The summed E-state index contributed by atoms with van der Waals surface area (Å²) in [7, 11) is 0. The summed E-state index contributed by atoms with van der Waals surface area (Å²) in [6.45, 7) is 1.80. The highest BCUT2D eigenvalue weighted by Gasteiger charge is 2.07. The summed E-state index contributed by atoms with van der Waals surface area (Å²) in [6.07, 6.45) is 1.57. The van der Waals surface area contributed by atoms with Gasteiger partial charge >= 0.3 is 0 Å². The third-order valence-electron chi connectivity index (χ3n) is 2.41. The molecule has 0 saturated heterocycles. The van der Waals surface area contributed by atoms with Crippen LogP contribution in [0.25, 0.3) is 10.9 Å². The minimum absolute atomic E-state index is 0.611. The number of hydrogen-bond acceptors (Lipinski definition) is 6. The zero-order valence-corrected chi connectivity index (χ0v) is 10.5. The number of benzene rings is 1. The number of thioether (sulfide) groups is 1. The van der Waals surface area contributed by atoms with E-state index in [0.717, 1.165) is 15.9 Å². The van der Waals surface area contributed by atoms with Crippen LogP contribution in [0.2, 0.25) is 0 Å². The largest absolute Gasteiger partial charge is 0.338 e. The molecule has 6 heteroatoms. The Morgan fingerprint density at radius 2 is 2.11 bits per heavy atom. The van der Waals surface area contributed by atoms with Crippen LogP contribution in [-0.4, -0.2) is 20.1 Å². The predicted molar refractivity (Wildman–Crippen MR) is 68.1 cm³/mol. The molecule has 0 N–H and O–H groups in total. The molecule has 5 nitrogen and oxygen atoms in total. The molecule has 0 bridgehead atoms. The van der Waals surface area contributed by atoms with Crippen LogP contribution in [0.5, 0.6) is 0 Å². The van der Waals surface area contributed by atoms with Gasteiger partial charge in [-0.05, 0) is 13.0 Å². The molecular formula is C12H10N4OS. The summed E-state index contributed by atoms with van der Waals surface area (Å²) in [5.74, 6) is 1.88. The van der Waals surface area contributed by atoms with E-state index in [1.807, 2.05) is 24.3 Å². The van der Waals surface area contributed by atoms with Gasteiger partial charge in [-0.2, -0.15) is 4.98 Å². The Balaban J connectivity index is 1.86. The van der Waals surface area contributed by atoms with Gasteiger partial charge in [0.25, 0.3) is 0 Å². The lowest BCUT2D eigenvalue weighted by Crippen LogP contribution is -1.88. The molecule has 90 valence electrons. The van der Waals surface area contributed by atoms with Crippen LogP contribution in [0.1, 0.15) is 11.7 Å². The van der Waals surface area contributed by atoms with Crippen LogP contribution < -0.4 is 0 Å². The average molecular weight is 258 g/mol. The first-order chi connectivity index (χ1) is 8.83. The van der Waals surface area contributed by atoms with Crippen LogP contribution in [-0.2, 0) is 5.75 Å². The molecule has 0 unspecified atom stereocenters. The number of aryl methyl sites for hydroxylation is 1. The van der Waals surface area contributed by atoms with Crippen molar-refractivity contribution in [2.45, 2.75) is 17.7 Å². The average Bonchev–Trinajstić information content (AvgIpc) is 2.82. The van der Waals surface area contributed by atoms with E-state index in [-0.39, 0.29) is 0 Å². The molecule has 0 radical (unpaired) electrons. The van der Waals surface area contributed by atoms with Gasteiger partial charge in [-0.1, -0.05) is 35.1 Å². The second kappa shape index (κ2) is 4.73. The molecule has 0 saturated carbocycles. The topological polar surface area (TPSA) is 64.7 Å². The highest BCUT2D eigenvalue weighted by Crippen LogP contribution is 2.26. The minimum atomic E-state index is 0.611. The van der Waals surface area contributed by atoms with Crippen LogP contribution in [0.4, 0.5) is 0 Å². The van der Waals surface area contributed by atoms with E-state index >= 15 is 0 Å². The molecule has 18 heavy (non-hydrogen) atoms. The standard InChI is InChI=1S/C12H10N4OS/c1-8-15-11(17-16-8)6-18-12-9-4-2-3-5-10(9)13-7-14-12/h2-5,7H,6H2,1H3. The number of nitrogens with zero attached hydrogens (tertiary/aromatic N) is 4. The maximum Gasteiger partial charge on any atom is 0.237 e. The van der Waals surface area contributed by atoms with Crippen molar-refractivity contribution in [2.75, 3.05) is 0 Å². The quantitative estimate of drug-likeness (QED) is 0.531. The summed E-state index contributed by atoms with van der Waals surface area (Å²) in [4.78, 5) is 12.7. The first-order valence-corrected chi connectivity index (χ1v) is 6.43. The van der Waals surface area contributed by atoms with Crippen molar-refractivity contribution in [2.24, 2.45) is 0 Å². The van der Waals surface area contributed by atoms with E-state index in [2.05, 4.69) is 20.1 Å². The zero-order chi connectivity index (χ0) is 12.4. The van der Waals surface area contributed by atoms with Gasteiger partial charge in [0.15, 0.2) is 5.82 Å². The molecule has 0 spiro atoms. The summed E-state index contributed by atoms with van der Waals surface area (Å²) in [6, 6.07) is 7.92. The minimum Gasteiger partial charge on any atom is -0.338 e. The van der Waals surface area contributed by atoms with E-state index in [0.29, 0.717) is 17.5 Å². The number of para-hydroxylation sites is 1. The highest BCUT2D eigenvalue weighted by molar-refractivity contribution is 7.98. The molecule has 1 aromatic carbocycles. The van der Waals surface area contributed by atoms with Crippen LogP contribution in [0, 0.1) is 6.92 Å². The van der Waals surface area contributed by atoms with Crippen molar-refractivity contribution in [1.82, 2.24) is 20.1 Å². The maximum absolute atomic E-state index is 5.07. The number of fused-ring (bicyclic) bond motifs is 1. The predicted octanol–water partition coefficient (Wildman–Crippen LogP) is 2.61. The monoisotopic (exact) mass is 258 g/mol. The van der Waals surface area contributed by atoms with Crippen molar-refractivity contribution in [3.05, 3.63) is 42.3 Å². The number of rotatable bonds is 3. The first-order valence-electron chi connectivity index (χ1n) is 5.44. The molecule has 3 rings (SSSR count). The Hall–Kier alpha value is -1.95. The number of hydrogen-bond donors (Lipinski definition) is 0. The van der Waals surface area contributed by atoms with Gasteiger partial charge in [-0.25, -0.2) is 9.97 Å². The zero-order valence-electron chi connectivity index (χ0n) is 9.70. The van der Waals surface area contributed by atoms with Gasteiger partial charge in [0.05, 0.1) is 11.3 Å². The Bertz CT molecular complexity index is 677. The summed E-state index contributed by atoms with van der Waals surface area (Å²) in [5, 5.41) is 5.73. The van der Waals surface area contributed by atoms with Crippen molar-refractivity contribution < 1.29 is 4.52 Å². The molecule has 0 aliphatic heterocycles. The fourth-order valence-electron chi connectivity index (χ4n) is 1.62. The van der Waals surface area contributed by atoms with E-state index < -0.39 is 0 Å². The SMILES string of the molecule is Cc1noc(CSc2ncnc3ccccc23)n1. The molecule has 0 fully saturated rings. The maximum atomic E-state index is 5.07. The van der Waals surface area contributed by atoms with Crippen molar-refractivity contribution in [3.8, 4) is 0 Å². The Morgan fingerprint density at radius 3 is 2.94 bits per heavy atom. The van der Waals surface area contributed by atoms with Crippen LogP contribution in [0.15, 0.2) is 40.1 Å². The summed E-state index contributed by atoms with van der Waals surface area (Å²) in [5.41, 5.74) is 0.941. The van der Waals surface area contributed by atoms with Gasteiger partial charge in [0, 0.05) is 5.39 Å². The molecule has 0 amide bonds. The van der Waals surface area contributed by atoms with Crippen LogP contribution in [0.3, 0.4) is 0 Å². The van der Waals surface area contributed by atoms with Gasteiger partial charge in [-0.15, -0.1) is 0 Å². The molecule has 0 aliphatic rings. The van der Waals surface area contributed by atoms with Gasteiger partial charge in [0.1, 0.15) is 11.4 Å². The van der Waals surface area contributed by atoms with E-state index in [1.165, 1.54) is 0 Å². The Morgan fingerprint density at radius 1 is 1.22 bits per heavy atom. The van der Waals surface area contributed by atoms with E-state index in [9.17, 15) is 0 Å². The lowest BCUT2D eigenvalue weighted by molar-refractivity contribution is 0.387. The molecule has 3 aromatic rings. The fraction of sp³-hybridized carbons (Fsp3) is 0.167. The first kappa shape index (κ1) is 11.2. The summed E-state index contributed by atoms with van der Waals surface area (Å²) < 4.78 is 5.07. The molecule has 0 atom stereocenters. The van der Waals surface area contributed by atoms with Crippen molar-refractivity contribution in [1.29, 1.82) is 0 Å². The Kier molecular flexibility index (Phi) is 2.93. The van der Waals surface area contributed by atoms with Gasteiger partial charge in [-0.3, -0.25) is 0 Å². The lowest BCUT2D eigenvalue weighted by atomic mass is 10.2. The molecular weight excluding hydrogens is 248 g/mol. The van der Waals surface area contributed by atoms with Crippen LogP contribution >= 0.6 is 11.8 Å². The van der Waals surface area contributed by atoms with Gasteiger partial charge < -0.3 is 4.52 Å². The third-order valence-corrected chi connectivity index (χ3v) is 3.40. The lowest BCUT2D eigenvalue weighted by Gasteiger charge is -2.02. The second-order valence-corrected chi connectivity index (χ2v) is 4.68. The molecule has 2 aromatic heterocycles. The van der Waals surface area contributed by atoms with Crippen molar-refractivity contribution in [3.63, 3.8) is 0 Å². The van der Waals surface area contributed by atoms with E-state index in [1.54, 1.807) is 25.0 Å².